The van der Waals surface area contributed by atoms with Crippen molar-refractivity contribution in [1.29, 1.82) is 0 Å². The van der Waals surface area contributed by atoms with Gasteiger partial charge in [-0.05, 0) is 35.8 Å². The smallest absolute Gasteiger partial charge is 0.407 e. The average molecular weight is 279 g/mol. The van der Waals surface area contributed by atoms with E-state index in [0.29, 0.717) is 13.1 Å². The van der Waals surface area contributed by atoms with Crippen LogP contribution in [0.25, 0.3) is 0 Å². The molecule has 4 nitrogen and oxygen atoms in total. The maximum absolute atomic E-state index is 11.0. The van der Waals surface area contributed by atoms with E-state index in [0.717, 1.165) is 23.8 Å². The molecule has 100 valence electrons. The number of amides is 1. The zero-order valence-electron chi connectivity index (χ0n) is 10.7. The fourth-order valence-electron chi connectivity index (χ4n) is 2.81. The van der Waals surface area contributed by atoms with Crippen molar-refractivity contribution in [2.24, 2.45) is 0 Å². The second-order valence-corrected chi connectivity index (χ2v) is 5.57. The molecular weight excluding hydrogens is 264 g/mol. The third kappa shape index (κ3) is 2.16. The third-order valence-electron chi connectivity index (χ3n) is 3.81. The Morgan fingerprint density at radius 3 is 2.42 bits per heavy atom. The molecule has 1 aromatic rings. The fraction of sp³-hybridized carbons (Fsp3) is 0.357. The van der Waals surface area contributed by atoms with Crippen molar-refractivity contribution >= 4 is 23.4 Å². The van der Waals surface area contributed by atoms with Gasteiger partial charge in [0.05, 0.1) is 0 Å². The summed E-state index contributed by atoms with van der Waals surface area (Å²) in [5.41, 5.74) is 4.81. The first-order chi connectivity index (χ1) is 9.04. The van der Waals surface area contributed by atoms with Crippen LogP contribution in [0.5, 0.6) is 0 Å². The maximum atomic E-state index is 11.0. The molecule has 0 aliphatic carbocycles. The Hall–Kier alpha value is -1.68. The second-order valence-electron chi connectivity index (χ2n) is 5.13. The molecular formula is C14H15ClN2O2. The van der Waals surface area contributed by atoms with Crippen molar-refractivity contribution in [2.75, 3.05) is 31.1 Å². The van der Waals surface area contributed by atoms with Gasteiger partial charge in [0.2, 0.25) is 0 Å². The molecule has 19 heavy (non-hydrogen) atoms. The number of hydrogen-bond donors (Lipinski definition) is 1. The summed E-state index contributed by atoms with van der Waals surface area (Å²) in [7, 11) is 0. The van der Waals surface area contributed by atoms with Gasteiger partial charge < -0.3 is 14.9 Å². The quantitative estimate of drug-likeness (QED) is 0.804. The summed E-state index contributed by atoms with van der Waals surface area (Å²) in [6.07, 6.45) is -0.833. The van der Waals surface area contributed by atoms with E-state index >= 15 is 0 Å². The van der Waals surface area contributed by atoms with Gasteiger partial charge in [-0.15, -0.1) is 0 Å². The third-order valence-corrected chi connectivity index (χ3v) is 4.04. The molecule has 3 rings (SSSR count). The Labute approximate surface area is 116 Å². The van der Waals surface area contributed by atoms with Gasteiger partial charge in [-0.25, -0.2) is 4.79 Å². The molecule has 0 aromatic heterocycles. The highest BCUT2D eigenvalue weighted by Gasteiger charge is 2.32. The predicted octanol–water partition coefficient (Wildman–Crippen LogP) is 2.76. The maximum Gasteiger partial charge on any atom is 0.407 e. The molecule has 1 N–H and O–H groups in total. The number of rotatable bonds is 1. The van der Waals surface area contributed by atoms with Crippen LogP contribution in [0.15, 0.2) is 29.3 Å². The Bertz CT molecular complexity index is 565. The molecule has 0 spiro atoms. The molecule has 2 aliphatic rings. The van der Waals surface area contributed by atoms with E-state index in [-0.39, 0.29) is 0 Å². The lowest BCUT2D eigenvalue weighted by Crippen LogP contribution is -2.33. The first kappa shape index (κ1) is 12.4. The molecule has 0 fully saturated rings. The first-order valence-corrected chi connectivity index (χ1v) is 6.61. The molecule has 0 bridgehead atoms. The lowest BCUT2D eigenvalue weighted by molar-refractivity contribution is 0.156. The largest absolute Gasteiger partial charge is 0.465 e. The minimum Gasteiger partial charge on any atom is -0.465 e. The van der Waals surface area contributed by atoms with Crippen molar-refractivity contribution < 1.29 is 9.90 Å². The standard InChI is InChI=1S/C14H15ClN2O2/c1-9-2-3-12(15)4-13(9)16-5-10-7-17(14(18)19)8-11(10)6-16/h2-4H,5-8H2,1H3,(H,18,19). The molecule has 1 aromatic carbocycles. The van der Waals surface area contributed by atoms with E-state index < -0.39 is 6.09 Å². The Balaban J connectivity index is 1.76. The van der Waals surface area contributed by atoms with Crippen LogP contribution in [0, 0.1) is 6.92 Å². The van der Waals surface area contributed by atoms with Crippen LogP contribution in [0.2, 0.25) is 5.02 Å². The lowest BCUT2D eigenvalue weighted by atomic mass is 10.2. The number of hydrogen-bond acceptors (Lipinski definition) is 2. The van der Waals surface area contributed by atoms with Gasteiger partial charge in [0, 0.05) is 36.9 Å². The minimum atomic E-state index is -0.833. The van der Waals surface area contributed by atoms with Crippen molar-refractivity contribution in [3.63, 3.8) is 0 Å². The van der Waals surface area contributed by atoms with Gasteiger partial charge in [0.15, 0.2) is 0 Å². The SMILES string of the molecule is Cc1ccc(Cl)cc1N1CC2=C(CN(C(=O)O)C2)C1. The van der Waals surface area contributed by atoms with Crippen LogP contribution in [0.4, 0.5) is 10.5 Å². The number of nitrogens with zero attached hydrogens (tertiary/aromatic N) is 2. The minimum absolute atomic E-state index is 0.542. The topological polar surface area (TPSA) is 43.8 Å². The number of benzene rings is 1. The van der Waals surface area contributed by atoms with Crippen molar-refractivity contribution in [1.82, 2.24) is 4.90 Å². The van der Waals surface area contributed by atoms with Gasteiger partial charge in [-0.2, -0.15) is 0 Å². The van der Waals surface area contributed by atoms with Crippen LogP contribution < -0.4 is 4.90 Å². The fourth-order valence-corrected chi connectivity index (χ4v) is 2.98. The predicted molar refractivity (Wildman–Crippen MR) is 75.0 cm³/mol. The van der Waals surface area contributed by atoms with Crippen LogP contribution in [0.1, 0.15) is 5.56 Å². The number of halogens is 1. The Morgan fingerprint density at radius 1 is 1.21 bits per heavy atom. The Kier molecular flexibility index (Phi) is 2.90. The normalized spacial score (nSPS) is 18.2. The van der Waals surface area contributed by atoms with Crippen LogP contribution >= 0.6 is 11.6 Å². The number of aryl methyl sites for hydroxylation is 1. The van der Waals surface area contributed by atoms with Crippen molar-refractivity contribution in [3.8, 4) is 0 Å². The highest BCUT2D eigenvalue weighted by molar-refractivity contribution is 6.30. The molecule has 2 heterocycles. The van der Waals surface area contributed by atoms with E-state index in [1.807, 2.05) is 18.2 Å². The zero-order chi connectivity index (χ0) is 13.6. The lowest BCUT2D eigenvalue weighted by Gasteiger charge is -2.24. The van der Waals surface area contributed by atoms with Crippen molar-refractivity contribution in [3.05, 3.63) is 39.9 Å². The number of carboxylic acid groups (broad SMARTS) is 1. The highest BCUT2D eigenvalue weighted by Crippen LogP contribution is 2.32. The molecule has 0 atom stereocenters. The monoisotopic (exact) mass is 278 g/mol. The first-order valence-electron chi connectivity index (χ1n) is 6.23. The summed E-state index contributed by atoms with van der Waals surface area (Å²) in [4.78, 5) is 14.7. The van der Waals surface area contributed by atoms with Gasteiger partial charge in [-0.1, -0.05) is 17.7 Å². The number of anilines is 1. The summed E-state index contributed by atoms with van der Waals surface area (Å²) in [6, 6.07) is 5.89. The number of carbonyl (C=O) groups is 1. The molecule has 1 amide bonds. The molecule has 2 aliphatic heterocycles. The van der Waals surface area contributed by atoms with Crippen LogP contribution in [0.3, 0.4) is 0 Å². The zero-order valence-corrected chi connectivity index (χ0v) is 11.4. The Morgan fingerprint density at radius 2 is 1.84 bits per heavy atom. The molecule has 5 heteroatoms. The van der Waals surface area contributed by atoms with E-state index in [1.54, 1.807) is 0 Å². The average Bonchev–Trinajstić information content (AvgIpc) is 2.89. The van der Waals surface area contributed by atoms with Crippen LogP contribution in [-0.4, -0.2) is 42.3 Å². The summed E-state index contributed by atoms with van der Waals surface area (Å²) in [5, 5.41) is 9.74. The van der Waals surface area contributed by atoms with E-state index in [9.17, 15) is 4.79 Å². The van der Waals surface area contributed by atoms with E-state index in [2.05, 4.69) is 11.8 Å². The summed E-state index contributed by atoms with van der Waals surface area (Å²) >= 11 is 6.05. The molecule has 0 saturated heterocycles. The summed E-state index contributed by atoms with van der Waals surface area (Å²) < 4.78 is 0. The summed E-state index contributed by atoms with van der Waals surface area (Å²) in [6.45, 7) is 4.76. The van der Waals surface area contributed by atoms with E-state index in [1.165, 1.54) is 21.6 Å². The molecule has 0 radical (unpaired) electrons. The van der Waals surface area contributed by atoms with Crippen LogP contribution in [-0.2, 0) is 0 Å². The highest BCUT2D eigenvalue weighted by atomic mass is 35.5. The van der Waals surface area contributed by atoms with E-state index in [4.69, 9.17) is 16.7 Å². The molecule has 0 unspecified atom stereocenters. The summed E-state index contributed by atoms with van der Waals surface area (Å²) in [5.74, 6) is 0. The van der Waals surface area contributed by atoms with Gasteiger partial charge in [-0.3, -0.25) is 0 Å². The van der Waals surface area contributed by atoms with Gasteiger partial charge in [0.1, 0.15) is 0 Å². The van der Waals surface area contributed by atoms with Gasteiger partial charge >= 0.3 is 6.09 Å². The second kappa shape index (κ2) is 4.46. The molecule has 0 saturated carbocycles. The van der Waals surface area contributed by atoms with Crippen molar-refractivity contribution in [2.45, 2.75) is 6.92 Å². The van der Waals surface area contributed by atoms with Gasteiger partial charge in [0.25, 0.3) is 0 Å².